The summed E-state index contributed by atoms with van der Waals surface area (Å²) in [7, 11) is 0. The minimum absolute atomic E-state index is 0. The second kappa shape index (κ2) is 6.58. The average Bonchev–Trinajstić information content (AvgIpc) is 2.61. The van der Waals surface area contributed by atoms with Gasteiger partial charge in [0.05, 0.1) is 12.8 Å². The van der Waals surface area contributed by atoms with Gasteiger partial charge in [-0.25, -0.2) is 0 Å². The van der Waals surface area contributed by atoms with Crippen LogP contribution in [0.15, 0.2) is 5.57 Å². The van der Waals surface area contributed by atoms with Crippen LogP contribution in [0.2, 0.25) is 0 Å². The monoisotopic (exact) mass is 347 g/mol. The van der Waals surface area contributed by atoms with Gasteiger partial charge in [0.25, 0.3) is 0 Å². The number of nitrogens with one attached hydrogen (secondary N) is 1. The average molecular weight is 347 g/mol. The zero-order valence-corrected chi connectivity index (χ0v) is 13.2. The standard InChI is InChI=1S/C10H16N3O5.Y/c1-4-2-13(10(17)12-8(4)11)9-7(16)6(15)5(3-14)18-9;/h5-9,14-16H,3,11H2,1H3,(H,12,17);/q-1;/t5-,6-,7-,8?,9-;/m1./s1. The number of carbonyl (C=O) groups excluding carboxylic acids is 1. The summed E-state index contributed by atoms with van der Waals surface area (Å²) in [5, 5.41) is 30.8. The molecule has 1 radical (unpaired) electrons. The number of amides is 2. The topological polar surface area (TPSA) is 128 Å². The molecular formula is C10H16N3O5Y-. The molecule has 2 amide bonds. The minimum atomic E-state index is -1.32. The zero-order valence-electron chi connectivity index (χ0n) is 10.4. The first-order chi connectivity index (χ1) is 8.45. The molecule has 6 N–H and O–H groups in total. The molecule has 1 fully saturated rings. The Morgan fingerprint density at radius 3 is 2.63 bits per heavy atom. The summed E-state index contributed by atoms with van der Waals surface area (Å²) in [6.45, 7) is 1.21. The Balaban J connectivity index is 0.00000180. The van der Waals surface area contributed by atoms with Crippen LogP contribution in [-0.2, 0) is 37.4 Å². The predicted molar refractivity (Wildman–Crippen MR) is 58.5 cm³/mol. The van der Waals surface area contributed by atoms with E-state index in [1.165, 1.54) is 0 Å². The maximum atomic E-state index is 11.7. The fraction of sp³-hybridized carbons (Fsp3) is 0.700. The van der Waals surface area contributed by atoms with Gasteiger partial charge >= 0.3 is 0 Å². The maximum absolute atomic E-state index is 11.7. The van der Waals surface area contributed by atoms with E-state index in [9.17, 15) is 15.0 Å². The number of aliphatic hydroxyl groups is 3. The summed E-state index contributed by atoms with van der Waals surface area (Å²) in [6.07, 6.45) is -2.55. The molecule has 0 aromatic rings. The van der Waals surface area contributed by atoms with Crippen molar-refractivity contribution < 1.29 is 57.6 Å². The van der Waals surface area contributed by atoms with Crippen LogP contribution < -0.4 is 11.1 Å². The Hall–Kier alpha value is -0.0861. The zero-order chi connectivity index (χ0) is 13.4. The molecule has 0 spiro atoms. The smallest absolute Gasteiger partial charge is 0.164 e. The van der Waals surface area contributed by atoms with Crippen LogP contribution in [0.3, 0.4) is 0 Å². The Morgan fingerprint density at radius 2 is 2.11 bits per heavy atom. The molecule has 0 aromatic carbocycles. The minimum Gasteiger partial charge on any atom is -0.440 e. The van der Waals surface area contributed by atoms with E-state index in [1.54, 1.807) is 6.92 Å². The molecule has 2 aliphatic heterocycles. The van der Waals surface area contributed by atoms with E-state index in [2.05, 4.69) is 11.5 Å². The van der Waals surface area contributed by atoms with E-state index < -0.39 is 43.3 Å². The fourth-order valence-corrected chi connectivity index (χ4v) is 1.89. The molecule has 9 heteroatoms. The van der Waals surface area contributed by atoms with Gasteiger partial charge in [-0.15, -0.1) is 5.57 Å². The van der Waals surface area contributed by atoms with E-state index >= 15 is 0 Å². The SMILES string of the molecule is CC1=[C-]N([C@@H]2O[C@H](CO)[C@@H](O)[C@H]2O)C(=O)NC1N.[Y]. The van der Waals surface area contributed by atoms with E-state index in [1.807, 2.05) is 0 Å². The van der Waals surface area contributed by atoms with Crippen LogP contribution in [-0.4, -0.2) is 63.6 Å². The summed E-state index contributed by atoms with van der Waals surface area (Å²) in [4.78, 5) is 12.7. The molecule has 0 aromatic heterocycles. The Bertz CT molecular complexity index is 380. The van der Waals surface area contributed by atoms with Gasteiger partial charge in [0, 0.05) is 32.7 Å². The van der Waals surface area contributed by atoms with Crippen molar-refractivity contribution in [3.05, 3.63) is 11.8 Å². The van der Waals surface area contributed by atoms with Gasteiger partial charge in [0.15, 0.2) is 6.03 Å². The van der Waals surface area contributed by atoms with Gasteiger partial charge in [-0.2, -0.15) is 6.20 Å². The van der Waals surface area contributed by atoms with Crippen molar-refractivity contribution in [2.75, 3.05) is 6.61 Å². The van der Waals surface area contributed by atoms with Crippen molar-refractivity contribution in [3.8, 4) is 0 Å². The molecule has 2 aliphatic rings. The number of aliphatic hydroxyl groups excluding tert-OH is 3. The molecule has 8 nitrogen and oxygen atoms in total. The van der Waals surface area contributed by atoms with E-state index in [-0.39, 0.29) is 32.7 Å². The number of ether oxygens (including phenoxy) is 1. The van der Waals surface area contributed by atoms with Gasteiger partial charge in [-0.1, -0.05) is 6.92 Å². The van der Waals surface area contributed by atoms with Crippen LogP contribution in [0.1, 0.15) is 6.92 Å². The second-order valence-corrected chi connectivity index (χ2v) is 4.32. The number of urea groups is 1. The van der Waals surface area contributed by atoms with Gasteiger partial charge in [-0.05, 0) is 0 Å². The van der Waals surface area contributed by atoms with Gasteiger partial charge < -0.3 is 40.8 Å². The van der Waals surface area contributed by atoms with Crippen molar-refractivity contribution in [1.29, 1.82) is 0 Å². The van der Waals surface area contributed by atoms with E-state index in [0.29, 0.717) is 5.57 Å². The molecule has 0 saturated carbocycles. The first-order valence-corrected chi connectivity index (χ1v) is 5.53. The third-order valence-corrected chi connectivity index (χ3v) is 3.03. The van der Waals surface area contributed by atoms with Crippen LogP contribution in [0.25, 0.3) is 0 Å². The molecule has 0 bridgehead atoms. The number of carbonyl (C=O) groups is 1. The number of nitrogens with two attached hydrogens (primary N) is 1. The summed E-state index contributed by atoms with van der Waals surface area (Å²) < 4.78 is 5.23. The molecule has 2 heterocycles. The first-order valence-electron chi connectivity index (χ1n) is 5.53. The third-order valence-electron chi connectivity index (χ3n) is 3.03. The molecule has 5 atom stereocenters. The third kappa shape index (κ3) is 3.16. The molecule has 0 aliphatic carbocycles. The van der Waals surface area contributed by atoms with Crippen LogP contribution >= 0.6 is 0 Å². The fourth-order valence-electron chi connectivity index (χ4n) is 1.89. The van der Waals surface area contributed by atoms with Crippen molar-refractivity contribution in [2.24, 2.45) is 5.73 Å². The largest absolute Gasteiger partial charge is 0.440 e. The summed E-state index contributed by atoms with van der Waals surface area (Å²) in [5.41, 5.74) is 6.16. The first kappa shape index (κ1) is 17.0. The van der Waals surface area contributed by atoms with Crippen LogP contribution in [0, 0.1) is 6.20 Å². The molecule has 19 heavy (non-hydrogen) atoms. The Morgan fingerprint density at radius 1 is 1.47 bits per heavy atom. The normalized spacial score (nSPS) is 38.6. The van der Waals surface area contributed by atoms with E-state index in [4.69, 9.17) is 15.6 Å². The molecular weight excluding hydrogens is 331 g/mol. The van der Waals surface area contributed by atoms with Crippen LogP contribution in [0.5, 0.6) is 0 Å². The molecule has 2 rings (SSSR count). The Labute approximate surface area is 135 Å². The number of rotatable bonds is 2. The van der Waals surface area contributed by atoms with Crippen molar-refractivity contribution >= 4 is 6.03 Å². The van der Waals surface area contributed by atoms with Gasteiger partial charge in [-0.3, -0.25) is 0 Å². The summed E-state index contributed by atoms with van der Waals surface area (Å²) in [6, 6.07) is -0.581. The number of nitrogens with zero attached hydrogens (tertiary/aromatic N) is 1. The van der Waals surface area contributed by atoms with Crippen molar-refractivity contribution in [3.63, 3.8) is 0 Å². The van der Waals surface area contributed by atoms with Gasteiger partial charge in [0.1, 0.15) is 24.5 Å². The van der Waals surface area contributed by atoms with Crippen molar-refractivity contribution in [2.45, 2.75) is 37.6 Å². The maximum Gasteiger partial charge on any atom is 0.164 e. The second-order valence-electron chi connectivity index (χ2n) is 4.32. The quantitative estimate of drug-likeness (QED) is 0.350. The summed E-state index contributed by atoms with van der Waals surface area (Å²) in [5.74, 6) is 0. The van der Waals surface area contributed by atoms with Gasteiger partial charge in [0.2, 0.25) is 0 Å². The van der Waals surface area contributed by atoms with E-state index in [0.717, 1.165) is 4.90 Å². The Kier molecular flexibility index (Phi) is 5.87. The number of hydrogen-bond acceptors (Lipinski definition) is 6. The predicted octanol–water partition coefficient (Wildman–Crippen LogP) is -2.56. The number of hydrogen-bond donors (Lipinski definition) is 5. The molecule has 105 valence electrons. The molecule has 1 unspecified atom stereocenters. The summed E-state index contributed by atoms with van der Waals surface area (Å²) >= 11 is 0. The van der Waals surface area contributed by atoms with Crippen LogP contribution in [0.4, 0.5) is 4.79 Å². The van der Waals surface area contributed by atoms with Crippen molar-refractivity contribution in [1.82, 2.24) is 10.2 Å². The molecule has 1 saturated heterocycles.